The minimum absolute atomic E-state index is 0.0718. The number of halogens is 2. The molecule has 1 fully saturated rings. The Bertz CT molecular complexity index is 1120. The minimum atomic E-state index is -0.868. The van der Waals surface area contributed by atoms with Crippen molar-refractivity contribution in [3.05, 3.63) is 71.1 Å². The average Bonchev–Trinajstić information content (AvgIpc) is 3.52. The zero-order valence-electron chi connectivity index (χ0n) is 18.5. The molecule has 2 aromatic carbocycles. The number of amides is 4. The molecule has 8 nitrogen and oxygen atoms in total. The smallest absolute Gasteiger partial charge is 0.322 e. The second-order valence-electron chi connectivity index (χ2n) is 8.05. The van der Waals surface area contributed by atoms with Gasteiger partial charge in [-0.1, -0.05) is 17.7 Å². The van der Waals surface area contributed by atoms with Gasteiger partial charge in [0, 0.05) is 49.1 Å². The number of carbonyl (C=O) groups is 3. The third-order valence-electron chi connectivity index (χ3n) is 5.81. The van der Waals surface area contributed by atoms with Gasteiger partial charge in [-0.3, -0.25) is 9.59 Å². The van der Waals surface area contributed by atoms with Crippen LogP contribution >= 0.6 is 11.6 Å². The lowest BCUT2D eigenvalue weighted by atomic mass is 10.1. The summed E-state index contributed by atoms with van der Waals surface area (Å²) in [7, 11) is 1.51. The van der Waals surface area contributed by atoms with Crippen LogP contribution in [0.5, 0.6) is 0 Å². The number of nitrogens with one attached hydrogen (secondary N) is 2. The Balaban J connectivity index is 1.45. The molecule has 2 aliphatic rings. The maximum Gasteiger partial charge on any atom is 0.322 e. The molecule has 4 amide bonds. The van der Waals surface area contributed by atoms with Crippen LogP contribution in [0.2, 0.25) is 5.02 Å². The molecule has 0 bridgehead atoms. The summed E-state index contributed by atoms with van der Waals surface area (Å²) >= 11 is 5.88. The van der Waals surface area contributed by atoms with E-state index < -0.39 is 23.8 Å². The first-order chi connectivity index (χ1) is 16.4. The van der Waals surface area contributed by atoms with E-state index in [1.54, 1.807) is 30.5 Å². The molecular weight excluding hydrogens is 463 g/mol. The van der Waals surface area contributed by atoms with Crippen molar-refractivity contribution in [3.63, 3.8) is 0 Å². The molecule has 178 valence electrons. The van der Waals surface area contributed by atoms with Crippen molar-refractivity contribution in [1.82, 2.24) is 9.80 Å². The normalized spacial score (nSPS) is 19.4. The molecule has 4 rings (SSSR count). The van der Waals surface area contributed by atoms with E-state index in [1.165, 1.54) is 29.0 Å². The van der Waals surface area contributed by atoms with Crippen LogP contribution in [0.25, 0.3) is 0 Å². The highest BCUT2D eigenvalue weighted by Crippen LogP contribution is 2.25. The highest BCUT2D eigenvalue weighted by atomic mass is 35.5. The Morgan fingerprint density at radius 2 is 1.88 bits per heavy atom. The van der Waals surface area contributed by atoms with Crippen molar-refractivity contribution in [2.45, 2.75) is 25.0 Å². The van der Waals surface area contributed by atoms with Gasteiger partial charge in [-0.15, -0.1) is 0 Å². The molecule has 2 aliphatic heterocycles. The Hall–Kier alpha value is -3.43. The number of hydrogen-bond donors (Lipinski definition) is 2. The van der Waals surface area contributed by atoms with E-state index in [0.29, 0.717) is 17.3 Å². The Morgan fingerprint density at radius 1 is 1.12 bits per heavy atom. The number of urea groups is 1. The number of benzene rings is 2. The maximum atomic E-state index is 14.7. The first-order valence-corrected chi connectivity index (χ1v) is 11.2. The molecular formula is C24H24ClFN4O4. The van der Waals surface area contributed by atoms with Crippen LogP contribution in [0, 0.1) is 5.82 Å². The highest BCUT2D eigenvalue weighted by Gasteiger charge is 2.40. The fraction of sp³-hybridized carbons (Fsp3) is 0.292. The van der Waals surface area contributed by atoms with Crippen molar-refractivity contribution >= 4 is 40.8 Å². The molecule has 0 aromatic heterocycles. The van der Waals surface area contributed by atoms with Crippen molar-refractivity contribution in [2.24, 2.45) is 0 Å². The molecule has 2 aromatic rings. The molecule has 10 heteroatoms. The number of methoxy groups -OCH3 is 1. The van der Waals surface area contributed by atoms with Crippen LogP contribution in [0.15, 0.2) is 54.7 Å². The highest BCUT2D eigenvalue weighted by molar-refractivity contribution is 6.30. The predicted molar refractivity (Wildman–Crippen MR) is 126 cm³/mol. The van der Waals surface area contributed by atoms with Crippen molar-refractivity contribution < 1.29 is 23.5 Å². The fourth-order valence-electron chi connectivity index (χ4n) is 3.96. The molecule has 0 aliphatic carbocycles. The topological polar surface area (TPSA) is 91.0 Å². The summed E-state index contributed by atoms with van der Waals surface area (Å²) in [6.07, 6.45) is 4.22. The fourth-order valence-corrected chi connectivity index (χ4v) is 4.09. The number of likely N-dealkylation sites (tertiary alicyclic amines) is 1. The van der Waals surface area contributed by atoms with E-state index >= 15 is 0 Å². The molecule has 0 radical (unpaired) electrons. The number of rotatable bonds is 5. The molecule has 2 N–H and O–H groups in total. The van der Waals surface area contributed by atoms with Crippen molar-refractivity contribution in [1.29, 1.82) is 0 Å². The lowest BCUT2D eigenvalue weighted by molar-refractivity contribution is -0.119. The monoisotopic (exact) mass is 486 g/mol. The van der Waals surface area contributed by atoms with Crippen LogP contribution in [0.4, 0.5) is 20.6 Å². The Kier molecular flexibility index (Phi) is 7.14. The van der Waals surface area contributed by atoms with Crippen LogP contribution in [0.1, 0.15) is 23.2 Å². The summed E-state index contributed by atoms with van der Waals surface area (Å²) in [6, 6.07) is 9.13. The number of nitrogens with zero attached hydrogens (tertiary/aromatic N) is 2. The summed E-state index contributed by atoms with van der Waals surface area (Å²) in [5.74, 6) is -1.60. The number of ether oxygens (including phenoxy) is 1. The zero-order valence-corrected chi connectivity index (χ0v) is 19.2. The summed E-state index contributed by atoms with van der Waals surface area (Å²) in [5, 5.41) is 5.80. The van der Waals surface area contributed by atoms with Gasteiger partial charge in [0.25, 0.3) is 5.91 Å². The standard InChI is InChI=1S/C24H24ClFN4O4/c1-34-18-13-21(30(14-18)24(33)27-17-7-5-16(25)6-8-17)22(31)28-20-9-4-15(12-19(20)26)23(32)29-10-2-3-11-29/h2,4-10,12,18,21H,3,11,13-14H2,1H3,(H,27,33)(H,28,31)/t18-,21-/m1/s1. The maximum absolute atomic E-state index is 14.7. The largest absolute Gasteiger partial charge is 0.380 e. The quantitative estimate of drug-likeness (QED) is 0.665. The molecule has 0 spiro atoms. The van der Waals surface area contributed by atoms with Crippen LogP contribution in [0.3, 0.4) is 0 Å². The number of carbonyl (C=O) groups excluding carboxylic acids is 3. The van der Waals surface area contributed by atoms with E-state index in [1.807, 2.05) is 6.08 Å². The number of anilines is 2. The third kappa shape index (κ3) is 5.21. The second kappa shape index (κ2) is 10.2. The first kappa shape index (κ1) is 23.7. The molecule has 0 saturated carbocycles. The summed E-state index contributed by atoms with van der Waals surface area (Å²) in [6.45, 7) is 0.752. The Morgan fingerprint density at radius 3 is 2.53 bits per heavy atom. The summed E-state index contributed by atoms with van der Waals surface area (Å²) in [5.41, 5.74) is 0.636. The molecule has 0 unspecified atom stereocenters. The molecule has 34 heavy (non-hydrogen) atoms. The lowest BCUT2D eigenvalue weighted by Crippen LogP contribution is -2.45. The van der Waals surface area contributed by atoms with Gasteiger partial charge < -0.3 is 25.2 Å². The third-order valence-corrected chi connectivity index (χ3v) is 6.06. The summed E-state index contributed by atoms with van der Waals surface area (Å²) < 4.78 is 20.1. The van der Waals surface area contributed by atoms with E-state index in [0.717, 1.165) is 12.5 Å². The lowest BCUT2D eigenvalue weighted by Gasteiger charge is -2.24. The van der Waals surface area contributed by atoms with Gasteiger partial charge in [0.05, 0.1) is 11.8 Å². The van der Waals surface area contributed by atoms with Crippen LogP contribution in [-0.2, 0) is 9.53 Å². The van der Waals surface area contributed by atoms with E-state index in [-0.39, 0.29) is 36.2 Å². The van der Waals surface area contributed by atoms with Crippen molar-refractivity contribution in [3.8, 4) is 0 Å². The SMILES string of the molecule is CO[C@@H]1C[C@H](C(=O)Nc2ccc(C(=O)N3C=CCC3)cc2F)N(C(=O)Nc2ccc(Cl)cc2)C1. The first-order valence-electron chi connectivity index (χ1n) is 10.8. The zero-order chi connectivity index (χ0) is 24.2. The van der Waals surface area contributed by atoms with Gasteiger partial charge in [-0.25, -0.2) is 9.18 Å². The van der Waals surface area contributed by atoms with E-state index in [2.05, 4.69) is 10.6 Å². The van der Waals surface area contributed by atoms with Gasteiger partial charge in [0.15, 0.2) is 0 Å². The van der Waals surface area contributed by atoms with Gasteiger partial charge >= 0.3 is 6.03 Å². The molecule has 2 heterocycles. The predicted octanol–water partition coefficient (Wildman–Crippen LogP) is 4.10. The average molecular weight is 487 g/mol. The Labute approximate surface area is 201 Å². The van der Waals surface area contributed by atoms with Gasteiger partial charge in [0.1, 0.15) is 11.9 Å². The van der Waals surface area contributed by atoms with Crippen LogP contribution in [-0.4, -0.2) is 60.0 Å². The minimum Gasteiger partial charge on any atom is -0.380 e. The van der Waals surface area contributed by atoms with E-state index in [4.69, 9.17) is 16.3 Å². The van der Waals surface area contributed by atoms with Gasteiger partial charge in [0.2, 0.25) is 5.91 Å². The van der Waals surface area contributed by atoms with E-state index in [9.17, 15) is 18.8 Å². The number of hydrogen-bond acceptors (Lipinski definition) is 4. The van der Waals surface area contributed by atoms with Gasteiger partial charge in [-0.2, -0.15) is 0 Å². The van der Waals surface area contributed by atoms with Gasteiger partial charge in [-0.05, 0) is 48.9 Å². The van der Waals surface area contributed by atoms with Crippen molar-refractivity contribution in [2.75, 3.05) is 30.8 Å². The molecule has 1 saturated heterocycles. The molecule has 2 atom stereocenters. The van der Waals surface area contributed by atoms with Crippen LogP contribution < -0.4 is 10.6 Å². The summed E-state index contributed by atoms with van der Waals surface area (Å²) in [4.78, 5) is 41.2. The second-order valence-corrected chi connectivity index (χ2v) is 8.49.